The number of aliphatic imine (C=N–C) groups is 1. The van der Waals surface area contributed by atoms with Gasteiger partial charge in [-0.25, -0.2) is 0 Å². The zero-order chi connectivity index (χ0) is 17.8. The summed E-state index contributed by atoms with van der Waals surface area (Å²) in [5, 5.41) is 3.47. The van der Waals surface area contributed by atoms with Gasteiger partial charge in [0.1, 0.15) is 17.3 Å². The van der Waals surface area contributed by atoms with E-state index < -0.39 is 0 Å². The van der Waals surface area contributed by atoms with Gasteiger partial charge in [-0.2, -0.15) is 0 Å². The van der Waals surface area contributed by atoms with Crippen molar-refractivity contribution in [2.75, 3.05) is 27.2 Å². The van der Waals surface area contributed by atoms with Crippen LogP contribution in [0.5, 0.6) is 5.75 Å². The molecular formula is C20H28IN3O2. The van der Waals surface area contributed by atoms with Crippen LogP contribution in [0.4, 0.5) is 0 Å². The summed E-state index contributed by atoms with van der Waals surface area (Å²) in [4.78, 5) is 6.79. The Morgan fingerprint density at radius 1 is 1.31 bits per heavy atom. The lowest BCUT2D eigenvalue weighted by Gasteiger charge is -2.21. The van der Waals surface area contributed by atoms with Crippen LogP contribution in [0.1, 0.15) is 35.0 Å². The largest absolute Gasteiger partial charge is 0.497 e. The van der Waals surface area contributed by atoms with Crippen LogP contribution in [0, 0.1) is 13.8 Å². The molecule has 1 aromatic heterocycles. The van der Waals surface area contributed by atoms with Crippen molar-refractivity contribution in [3.8, 4) is 5.75 Å². The van der Waals surface area contributed by atoms with Gasteiger partial charge < -0.3 is 19.4 Å². The fourth-order valence-corrected chi connectivity index (χ4v) is 3.47. The van der Waals surface area contributed by atoms with Crippen LogP contribution >= 0.6 is 24.0 Å². The van der Waals surface area contributed by atoms with Gasteiger partial charge in [-0.3, -0.25) is 4.99 Å². The topological polar surface area (TPSA) is 50.0 Å². The Balaban J connectivity index is 0.00000243. The molecule has 1 aliphatic heterocycles. The lowest BCUT2D eigenvalue weighted by atomic mass is 9.98. The van der Waals surface area contributed by atoms with Crippen molar-refractivity contribution in [3.63, 3.8) is 0 Å². The highest BCUT2D eigenvalue weighted by molar-refractivity contribution is 14.0. The molecule has 1 N–H and O–H groups in total. The zero-order valence-corrected chi connectivity index (χ0v) is 18.2. The molecule has 1 aliphatic rings. The van der Waals surface area contributed by atoms with Crippen LogP contribution in [0.15, 0.2) is 39.7 Å². The summed E-state index contributed by atoms with van der Waals surface area (Å²) in [6.07, 6.45) is 1.14. The molecule has 1 fully saturated rings. The molecule has 5 nitrogen and oxygen atoms in total. The third kappa shape index (κ3) is 4.72. The second-order valence-electron chi connectivity index (χ2n) is 6.54. The Morgan fingerprint density at radius 3 is 2.62 bits per heavy atom. The smallest absolute Gasteiger partial charge is 0.193 e. The average molecular weight is 469 g/mol. The van der Waals surface area contributed by atoms with E-state index in [1.54, 1.807) is 7.11 Å². The van der Waals surface area contributed by atoms with Crippen LogP contribution in [0.25, 0.3) is 0 Å². The van der Waals surface area contributed by atoms with Gasteiger partial charge in [0.15, 0.2) is 5.96 Å². The fourth-order valence-electron chi connectivity index (χ4n) is 3.47. The summed E-state index contributed by atoms with van der Waals surface area (Å²) in [5.41, 5.74) is 2.55. The van der Waals surface area contributed by atoms with E-state index in [1.807, 2.05) is 33.0 Å². The summed E-state index contributed by atoms with van der Waals surface area (Å²) in [6, 6.07) is 10.5. The molecule has 1 atom stereocenters. The van der Waals surface area contributed by atoms with Gasteiger partial charge in [-0.05, 0) is 44.0 Å². The summed E-state index contributed by atoms with van der Waals surface area (Å²) >= 11 is 0. The number of rotatable bonds is 4. The van der Waals surface area contributed by atoms with Gasteiger partial charge in [0, 0.05) is 38.2 Å². The van der Waals surface area contributed by atoms with E-state index in [-0.39, 0.29) is 24.0 Å². The minimum Gasteiger partial charge on any atom is -0.497 e. The van der Waals surface area contributed by atoms with Crippen LogP contribution in [-0.2, 0) is 6.54 Å². The number of hydrogen-bond acceptors (Lipinski definition) is 3. The Morgan fingerprint density at radius 2 is 2.04 bits per heavy atom. The van der Waals surface area contributed by atoms with Gasteiger partial charge in [0.05, 0.1) is 7.11 Å². The maximum atomic E-state index is 5.60. The summed E-state index contributed by atoms with van der Waals surface area (Å²) < 4.78 is 10.8. The maximum Gasteiger partial charge on any atom is 0.193 e. The number of hydrogen-bond donors (Lipinski definition) is 1. The molecule has 0 bridgehead atoms. The van der Waals surface area contributed by atoms with Gasteiger partial charge in [-0.15, -0.1) is 24.0 Å². The number of nitrogens with one attached hydrogen (secondary N) is 1. The monoisotopic (exact) mass is 469 g/mol. The Hall–Kier alpha value is -1.70. The van der Waals surface area contributed by atoms with Gasteiger partial charge in [-0.1, -0.05) is 12.1 Å². The molecule has 0 radical (unpaired) electrons. The fraction of sp³-hybridized carbons (Fsp3) is 0.450. The Bertz CT molecular complexity index is 740. The molecule has 2 heterocycles. The second kappa shape index (κ2) is 9.30. The van der Waals surface area contributed by atoms with Crippen molar-refractivity contribution in [3.05, 3.63) is 53.0 Å². The number of furan rings is 1. The summed E-state index contributed by atoms with van der Waals surface area (Å²) in [6.45, 7) is 6.71. The lowest BCUT2D eigenvalue weighted by Crippen LogP contribution is -2.39. The predicted octanol–water partition coefficient (Wildman–Crippen LogP) is 4.09. The first-order chi connectivity index (χ1) is 12.1. The molecular weight excluding hydrogens is 441 g/mol. The molecule has 1 aromatic carbocycles. The average Bonchev–Trinajstić information content (AvgIpc) is 3.22. The summed E-state index contributed by atoms with van der Waals surface area (Å²) in [7, 11) is 3.54. The molecule has 142 valence electrons. The lowest BCUT2D eigenvalue weighted by molar-refractivity contribution is 0.414. The van der Waals surface area contributed by atoms with E-state index in [0.29, 0.717) is 5.92 Å². The van der Waals surface area contributed by atoms with Crippen molar-refractivity contribution in [2.24, 2.45) is 4.99 Å². The van der Waals surface area contributed by atoms with E-state index in [2.05, 4.69) is 33.4 Å². The first-order valence-electron chi connectivity index (χ1n) is 8.76. The van der Waals surface area contributed by atoms with Crippen molar-refractivity contribution >= 4 is 29.9 Å². The third-order valence-electron chi connectivity index (χ3n) is 4.87. The number of aryl methyl sites for hydroxylation is 2. The molecule has 2 aromatic rings. The standard InChI is InChI=1S/C20H27N3O2.HI/c1-14-11-18(15(2)25-14)12-22-20(21-3)23-10-9-17(13-23)16-5-7-19(24-4)8-6-16;/h5-8,11,17H,9-10,12-13H2,1-4H3,(H,21,22);1H. The van der Waals surface area contributed by atoms with Crippen LogP contribution in [0.3, 0.4) is 0 Å². The number of halogens is 1. The minimum absolute atomic E-state index is 0. The molecule has 1 unspecified atom stereocenters. The van der Waals surface area contributed by atoms with Gasteiger partial charge >= 0.3 is 0 Å². The molecule has 1 saturated heterocycles. The quantitative estimate of drug-likeness (QED) is 0.417. The van der Waals surface area contributed by atoms with Crippen LogP contribution in [0.2, 0.25) is 0 Å². The number of methoxy groups -OCH3 is 1. The molecule has 6 heteroatoms. The van der Waals surface area contributed by atoms with Crippen molar-refractivity contribution in [1.82, 2.24) is 10.2 Å². The molecule has 0 saturated carbocycles. The SMILES string of the molecule is CN=C(NCc1cc(C)oc1C)N1CCC(c2ccc(OC)cc2)C1.I. The maximum absolute atomic E-state index is 5.60. The molecule has 0 amide bonds. The predicted molar refractivity (Wildman–Crippen MR) is 116 cm³/mol. The highest BCUT2D eigenvalue weighted by atomic mass is 127. The Kier molecular flexibility index (Phi) is 7.37. The molecule has 3 rings (SSSR count). The number of benzene rings is 1. The first kappa shape index (κ1) is 20.6. The van der Waals surface area contributed by atoms with Crippen LogP contribution < -0.4 is 10.1 Å². The highest BCUT2D eigenvalue weighted by Gasteiger charge is 2.26. The van der Waals surface area contributed by atoms with E-state index in [1.165, 1.54) is 11.1 Å². The first-order valence-corrected chi connectivity index (χ1v) is 8.76. The second-order valence-corrected chi connectivity index (χ2v) is 6.54. The van der Waals surface area contributed by atoms with Crippen molar-refractivity contribution in [2.45, 2.75) is 32.7 Å². The van der Waals surface area contributed by atoms with Crippen molar-refractivity contribution in [1.29, 1.82) is 0 Å². The van der Waals surface area contributed by atoms with E-state index in [0.717, 1.165) is 49.3 Å². The highest BCUT2D eigenvalue weighted by Crippen LogP contribution is 2.28. The summed E-state index contributed by atoms with van der Waals surface area (Å²) in [5.74, 6) is 4.31. The van der Waals surface area contributed by atoms with Gasteiger partial charge in [0.2, 0.25) is 0 Å². The van der Waals surface area contributed by atoms with E-state index in [9.17, 15) is 0 Å². The number of ether oxygens (including phenoxy) is 1. The van der Waals surface area contributed by atoms with Gasteiger partial charge in [0.25, 0.3) is 0 Å². The molecule has 0 aliphatic carbocycles. The number of likely N-dealkylation sites (tertiary alicyclic amines) is 1. The van der Waals surface area contributed by atoms with E-state index >= 15 is 0 Å². The third-order valence-corrected chi connectivity index (χ3v) is 4.87. The molecule has 0 spiro atoms. The zero-order valence-electron chi connectivity index (χ0n) is 15.9. The number of guanidine groups is 1. The van der Waals surface area contributed by atoms with Crippen LogP contribution in [-0.4, -0.2) is 38.1 Å². The molecule has 26 heavy (non-hydrogen) atoms. The normalized spacial score (nSPS) is 17.2. The van der Waals surface area contributed by atoms with E-state index in [4.69, 9.17) is 9.15 Å². The Labute approximate surface area is 172 Å². The minimum atomic E-state index is 0. The van der Waals surface area contributed by atoms with Crippen molar-refractivity contribution < 1.29 is 9.15 Å². The number of nitrogens with zero attached hydrogens (tertiary/aromatic N) is 2.